The summed E-state index contributed by atoms with van der Waals surface area (Å²) in [5, 5.41) is 4.16. The first kappa shape index (κ1) is 25.7. The molecule has 172 valence electrons. The van der Waals surface area contributed by atoms with Crippen molar-refractivity contribution in [2.24, 2.45) is 0 Å². The quantitative estimate of drug-likeness (QED) is 0.359. The average molecular weight is 478 g/mol. The second-order valence-corrected chi connectivity index (χ2v) is 7.46. The summed E-state index contributed by atoms with van der Waals surface area (Å²) in [6, 6.07) is 19.6. The Morgan fingerprint density at radius 2 is 1.38 bits per heavy atom. The summed E-state index contributed by atoms with van der Waals surface area (Å²) in [6.45, 7) is 2.00. The average Bonchev–Trinajstić information content (AvgIpc) is 2.80. The molecule has 3 aromatic carbocycles. The molecule has 0 saturated carbocycles. The number of methoxy groups -OCH3 is 3. The van der Waals surface area contributed by atoms with E-state index in [-0.39, 0.29) is 12.4 Å². The van der Waals surface area contributed by atoms with Crippen molar-refractivity contribution in [1.29, 1.82) is 0 Å². The maximum Gasteiger partial charge on any atom is 0.161 e. The van der Waals surface area contributed by atoms with Crippen molar-refractivity contribution in [3.8, 4) is 23.0 Å². The monoisotopic (exact) mass is 477 g/mol. The first-order valence-corrected chi connectivity index (χ1v) is 10.5. The molecule has 0 unspecified atom stereocenters. The molecule has 32 heavy (non-hydrogen) atoms. The molecule has 3 rings (SSSR count). The van der Waals surface area contributed by atoms with Crippen molar-refractivity contribution in [3.63, 3.8) is 0 Å². The van der Waals surface area contributed by atoms with Gasteiger partial charge in [0.1, 0.15) is 6.61 Å². The molecule has 7 heteroatoms. The molecule has 0 saturated heterocycles. The lowest BCUT2D eigenvalue weighted by atomic mass is 10.1. The Morgan fingerprint density at radius 3 is 2.09 bits per heavy atom. The van der Waals surface area contributed by atoms with Gasteiger partial charge in [-0.15, -0.1) is 12.4 Å². The zero-order valence-corrected chi connectivity index (χ0v) is 20.1. The number of hydrogen-bond acceptors (Lipinski definition) is 5. The number of ether oxygens (including phenoxy) is 4. The Labute approximate surface area is 201 Å². The Hall–Kier alpha value is -2.60. The van der Waals surface area contributed by atoms with E-state index in [1.54, 1.807) is 21.3 Å². The van der Waals surface area contributed by atoms with E-state index in [1.807, 2.05) is 54.6 Å². The summed E-state index contributed by atoms with van der Waals surface area (Å²) >= 11 is 6.04. The first-order valence-electron chi connectivity index (χ1n) is 10.1. The van der Waals surface area contributed by atoms with Crippen LogP contribution < -0.4 is 24.3 Å². The lowest BCUT2D eigenvalue weighted by Gasteiger charge is -2.13. The summed E-state index contributed by atoms with van der Waals surface area (Å²) in [7, 11) is 4.94. The van der Waals surface area contributed by atoms with Crippen LogP contribution in [0.3, 0.4) is 0 Å². The summed E-state index contributed by atoms with van der Waals surface area (Å²) in [4.78, 5) is 0. The molecule has 5 nitrogen and oxygen atoms in total. The van der Waals surface area contributed by atoms with Crippen LogP contribution in [0.1, 0.15) is 16.7 Å². The molecule has 3 aromatic rings. The third kappa shape index (κ3) is 7.23. The normalized spacial score (nSPS) is 10.2. The van der Waals surface area contributed by atoms with Crippen LogP contribution in [0, 0.1) is 0 Å². The smallest absolute Gasteiger partial charge is 0.161 e. The summed E-state index contributed by atoms with van der Waals surface area (Å²) < 4.78 is 22.1. The van der Waals surface area contributed by atoms with Gasteiger partial charge in [0.15, 0.2) is 23.0 Å². The van der Waals surface area contributed by atoms with Gasteiger partial charge in [-0.05, 0) is 66.1 Å². The third-order valence-electron chi connectivity index (χ3n) is 4.88. The second kappa shape index (κ2) is 13.1. The highest BCUT2D eigenvalue weighted by Gasteiger charge is 2.08. The molecule has 0 aliphatic rings. The molecule has 0 aliphatic carbocycles. The van der Waals surface area contributed by atoms with Crippen molar-refractivity contribution in [3.05, 3.63) is 82.4 Å². The highest BCUT2D eigenvalue weighted by molar-refractivity contribution is 6.30. The summed E-state index contributed by atoms with van der Waals surface area (Å²) in [5.74, 6) is 2.90. The fourth-order valence-corrected chi connectivity index (χ4v) is 3.44. The van der Waals surface area contributed by atoms with Gasteiger partial charge in [-0.3, -0.25) is 0 Å². The minimum Gasteiger partial charge on any atom is -0.493 e. The third-order valence-corrected chi connectivity index (χ3v) is 5.11. The molecule has 0 spiro atoms. The van der Waals surface area contributed by atoms with Gasteiger partial charge in [-0.2, -0.15) is 0 Å². The Bertz CT molecular complexity index is 997. The second-order valence-electron chi connectivity index (χ2n) is 7.02. The molecule has 0 fully saturated rings. The van der Waals surface area contributed by atoms with Crippen LogP contribution in [0.5, 0.6) is 23.0 Å². The SMILES string of the molecule is COc1ccc(CCNCc2ccc(OCc3cccc(Cl)c3)c(OC)c2)cc1OC.Cl. The van der Waals surface area contributed by atoms with Crippen molar-refractivity contribution < 1.29 is 18.9 Å². The zero-order chi connectivity index (χ0) is 22.1. The Balaban J connectivity index is 0.00000363. The van der Waals surface area contributed by atoms with Crippen molar-refractivity contribution in [1.82, 2.24) is 5.32 Å². The van der Waals surface area contributed by atoms with Gasteiger partial charge < -0.3 is 24.3 Å². The Kier molecular flexibility index (Phi) is 10.5. The molecular formula is C25H29Cl2NO4. The largest absolute Gasteiger partial charge is 0.493 e. The van der Waals surface area contributed by atoms with Crippen molar-refractivity contribution >= 4 is 24.0 Å². The minimum atomic E-state index is 0. The van der Waals surface area contributed by atoms with E-state index in [2.05, 4.69) is 11.4 Å². The number of rotatable bonds is 11. The predicted octanol–water partition coefficient (Wildman–Crippen LogP) is 5.70. The molecular weight excluding hydrogens is 449 g/mol. The molecule has 0 heterocycles. The van der Waals surface area contributed by atoms with E-state index >= 15 is 0 Å². The van der Waals surface area contributed by atoms with E-state index in [0.717, 1.165) is 42.1 Å². The molecule has 0 atom stereocenters. The maximum atomic E-state index is 6.04. The van der Waals surface area contributed by atoms with E-state index in [4.69, 9.17) is 30.5 Å². The van der Waals surface area contributed by atoms with Crippen LogP contribution in [-0.4, -0.2) is 27.9 Å². The predicted molar refractivity (Wildman–Crippen MR) is 131 cm³/mol. The van der Waals surface area contributed by atoms with Gasteiger partial charge in [0, 0.05) is 11.6 Å². The van der Waals surface area contributed by atoms with Gasteiger partial charge in [0.2, 0.25) is 0 Å². The van der Waals surface area contributed by atoms with Crippen molar-refractivity contribution in [2.45, 2.75) is 19.6 Å². The van der Waals surface area contributed by atoms with Crippen LogP contribution in [0.25, 0.3) is 0 Å². The highest BCUT2D eigenvalue weighted by Crippen LogP contribution is 2.29. The van der Waals surface area contributed by atoms with E-state index in [9.17, 15) is 0 Å². The van der Waals surface area contributed by atoms with Crippen LogP contribution in [0.15, 0.2) is 60.7 Å². The maximum absolute atomic E-state index is 6.04. The number of benzene rings is 3. The van der Waals surface area contributed by atoms with Gasteiger partial charge in [-0.25, -0.2) is 0 Å². The van der Waals surface area contributed by atoms with Crippen molar-refractivity contribution in [2.75, 3.05) is 27.9 Å². The highest BCUT2D eigenvalue weighted by atomic mass is 35.5. The zero-order valence-electron chi connectivity index (χ0n) is 18.5. The summed E-state index contributed by atoms with van der Waals surface area (Å²) in [6.07, 6.45) is 0.887. The van der Waals surface area contributed by atoms with E-state index in [1.165, 1.54) is 5.56 Å². The van der Waals surface area contributed by atoms with E-state index < -0.39 is 0 Å². The van der Waals surface area contributed by atoms with Crippen LogP contribution in [0.4, 0.5) is 0 Å². The Morgan fingerprint density at radius 1 is 0.719 bits per heavy atom. The standard InChI is InChI=1S/C25H28ClNO4.ClH/c1-28-22-9-7-18(14-24(22)29-2)11-12-27-16-19-8-10-23(25(15-19)30-3)31-17-20-5-4-6-21(26)13-20;/h4-10,13-15,27H,11-12,16-17H2,1-3H3;1H. The summed E-state index contributed by atoms with van der Waals surface area (Å²) in [5.41, 5.74) is 3.32. The molecule has 0 radical (unpaired) electrons. The van der Waals surface area contributed by atoms with Gasteiger partial charge in [-0.1, -0.05) is 35.9 Å². The minimum absolute atomic E-state index is 0. The van der Waals surface area contributed by atoms with Gasteiger partial charge >= 0.3 is 0 Å². The van der Waals surface area contributed by atoms with Gasteiger partial charge in [0.25, 0.3) is 0 Å². The molecule has 0 amide bonds. The molecule has 0 bridgehead atoms. The van der Waals surface area contributed by atoms with Crippen LogP contribution >= 0.6 is 24.0 Å². The number of nitrogens with one attached hydrogen (secondary N) is 1. The fraction of sp³-hybridized carbons (Fsp3) is 0.280. The van der Waals surface area contributed by atoms with Crippen LogP contribution in [0.2, 0.25) is 5.02 Å². The van der Waals surface area contributed by atoms with Crippen LogP contribution in [-0.2, 0) is 19.6 Å². The number of halogens is 2. The van der Waals surface area contributed by atoms with Gasteiger partial charge in [0.05, 0.1) is 21.3 Å². The number of hydrogen-bond donors (Lipinski definition) is 1. The van der Waals surface area contributed by atoms with E-state index in [0.29, 0.717) is 23.1 Å². The first-order chi connectivity index (χ1) is 15.1. The lowest BCUT2D eigenvalue weighted by molar-refractivity contribution is 0.284. The topological polar surface area (TPSA) is 49.0 Å². The lowest BCUT2D eigenvalue weighted by Crippen LogP contribution is -2.16. The molecule has 1 N–H and O–H groups in total. The molecule has 0 aromatic heterocycles. The fourth-order valence-electron chi connectivity index (χ4n) is 3.23. The molecule has 0 aliphatic heterocycles.